The highest BCUT2D eigenvalue weighted by molar-refractivity contribution is 5.29. The summed E-state index contributed by atoms with van der Waals surface area (Å²) in [5, 5.41) is 18.9. The van der Waals surface area contributed by atoms with E-state index in [1.54, 1.807) is 6.20 Å². The van der Waals surface area contributed by atoms with E-state index in [0.717, 1.165) is 11.3 Å². The van der Waals surface area contributed by atoms with Gasteiger partial charge < -0.3 is 5.11 Å². The lowest BCUT2D eigenvalue weighted by atomic mass is 10.0. The van der Waals surface area contributed by atoms with Crippen LogP contribution in [0.5, 0.6) is 0 Å². The number of benzene rings is 2. The van der Waals surface area contributed by atoms with Crippen molar-refractivity contribution in [2.45, 2.75) is 19.4 Å². The molecule has 3 rings (SSSR count). The summed E-state index contributed by atoms with van der Waals surface area (Å²) < 4.78 is 0. The van der Waals surface area contributed by atoms with Crippen molar-refractivity contribution in [3.8, 4) is 5.69 Å². The number of hydrogen-bond donors (Lipinski definition) is 1. The normalized spacial score (nSPS) is 12.3. The van der Waals surface area contributed by atoms with Crippen molar-refractivity contribution in [3.05, 3.63) is 77.6 Å². The molecule has 0 saturated carbocycles. The van der Waals surface area contributed by atoms with E-state index in [2.05, 4.69) is 16.3 Å². The molecular weight excluding hydrogens is 262 g/mol. The minimum Gasteiger partial charge on any atom is -0.386 e. The van der Waals surface area contributed by atoms with Crippen LogP contribution in [0.2, 0.25) is 0 Å². The zero-order valence-electron chi connectivity index (χ0n) is 11.8. The number of aliphatic hydroxyl groups excluding tert-OH is 1. The van der Waals surface area contributed by atoms with Gasteiger partial charge in [-0.25, -0.2) is 0 Å². The number of aromatic nitrogens is 3. The Morgan fingerprint density at radius 3 is 2.67 bits per heavy atom. The van der Waals surface area contributed by atoms with Gasteiger partial charge in [0, 0.05) is 6.42 Å². The van der Waals surface area contributed by atoms with Gasteiger partial charge in [-0.05, 0) is 24.6 Å². The second-order valence-corrected chi connectivity index (χ2v) is 5.10. The zero-order valence-corrected chi connectivity index (χ0v) is 11.8. The van der Waals surface area contributed by atoms with Crippen LogP contribution in [0.25, 0.3) is 5.69 Å². The van der Waals surface area contributed by atoms with Gasteiger partial charge in [-0.2, -0.15) is 15.0 Å². The lowest BCUT2D eigenvalue weighted by molar-refractivity contribution is 0.173. The van der Waals surface area contributed by atoms with Gasteiger partial charge in [-0.1, -0.05) is 48.0 Å². The first-order chi connectivity index (χ1) is 10.2. The summed E-state index contributed by atoms with van der Waals surface area (Å²) in [5.74, 6) is 0. The maximum Gasteiger partial charge on any atom is 0.112 e. The first-order valence-electron chi connectivity index (χ1n) is 6.93. The molecule has 0 aliphatic carbocycles. The van der Waals surface area contributed by atoms with E-state index in [4.69, 9.17) is 0 Å². The average molecular weight is 279 g/mol. The first kappa shape index (κ1) is 13.5. The Bertz CT molecular complexity index is 722. The summed E-state index contributed by atoms with van der Waals surface area (Å²) in [5.41, 5.74) is 3.75. The second-order valence-electron chi connectivity index (χ2n) is 5.10. The molecule has 0 spiro atoms. The third-order valence-electron chi connectivity index (χ3n) is 3.35. The Morgan fingerprint density at radius 1 is 1.10 bits per heavy atom. The van der Waals surface area contributed by atoms with Crippen LogP contribution in [-0.2, 0) is 6.42 Å². The molecule has 4 heteroatoms. The van der Waals surface area contributed by atoms with Crippen molar-refractivity contribution >= 4 is 0 Å². The number of hydrogen-bond acceptors (Lipinski definition) is 3. The molecule has 4 nitrogen and oxygen atoms in total. The number of nitrogens with zero attached hydrogens (tertiary/aromatic N) is 3. The van der Waals surface area contributed by atoms with Gasteiger partial charge in [0.25, 0.3) is 0 Å². The first-order valence-corrected chi connectivity index (χ1v) is 6.93. The smallest absolute Gasteiger partial charge is 0.112 e. The monoisotopic (exact) mass is 279 g/mol. The van der Waals surface area contributed by atoms with Gasteiger partial charge in [0.15, 0.2) is 0 Å². The predicted octanol–water partition coefficient (Wildman–Crippen LogP) is 2.85. The van der Waals surface area contributed by atoms with Gasteiger partial charge in [-0.15, -0.1) is 0 Å². The van der Waals surface area contributed by atoms with Crippen molar-refractivity contribution in [2.75, 3.05) is 0 Å². The van der Waals surface area contributed by atoms with Crippen LogP contribution >= 0.6 is 0 Å². The Morgan fingerprint density at radius 2 is 1.90 bits per heavy atom. The number of aliphatic hydroxyl groups is 1. The average Bonchev–Trinajstić information content (AvgIpc) is 2.98. The maximum absolute atomic E-state index is 10.3. The topological polar surface area (TPSA) is 50.9 Å². The lowest BCUT2D eigenvalue weighted by Gasteiger charge is -2.08. The predicted molar refractivity (Wildman–Crippen MR) is 81.2 cm³/mol. The van der Waals surface area contributed by atoms with E-state index < -0.39 is 6.10 Å². The molecule has 1 atom stereocenters. The summed E-state index contributed by atoms with van der Waals surface area (Å²) in [4.78, 5) is 1.54. The third-order valence-corrected chi connectivity index (χ3v) is 3.35. The van der Waals surface area contributed by atoms with E-state index in [0.29, 0.717) is 12.1 Å². The van der Waals surface area contributed by atoms with E-state index in [1.165, 1.54) is 10.4 Å². The maximum atomic E-state index is 10.3. The summed E-state index contributed by atoms with van der Waals surface area (Å²) >= 11 is 0. The zero-order chi connectivity index (χ0) is 14.7. The number of aryl methyl sites for hydroxylation is 1. The van der Waals surface area contributed by atoms with E-state index in [1.807, 2.05) is 55.5 Å². The molecule has 0 bridgehead atoms. The van der Waals surface area contributed by atoms with Crippen molar-refractivity contribution in [2.24, 2.45) is 0 Å². The van der Waals surface area contributed by atoms with Crippen molar-refractivity contribution in [3.63, 3.8) is 0 Å². The molecule has 0 saturated heterocycles. The fourth-order valence-electron chi connectivity index (χ4n) is 2.28. The molecule has 1 heterocycles. The van der Waals surface area contributed by atoms with E-state index >= 15 is 0 Å². The highest BCUT2D eigenvalue weighted by Crippen LogP contribution is 2.17. The van der Waals surface area contributed by atoms with Gasteiger partial charge in [0.2, 0.25) is 0 Å². The minimum atomic E-state index is -0.649. The summed E-state index contributed by atoms with van der Waals surface area (Å²) in [7, 11) is 0. The van der Waals surface area contributed by atoms with Crippen LogP contribution in [0, 0.1) is 6.92 Å². The Hall–Kier alpha value is -2.46. The molecular formula is C17H17N3O. The highest BCUT2D eigenvalue weighted by Gasteiger charge is 2.13. The quantitative estimate of drug-likeness (QED) is 0.799. The minimum absolute atomic E-state index is 0.537. The standard InChI is InChI=1S/C17H17N3O/c1-13-6-5-7-14(10-13)11-17(21)16-12-18-20(19-16)15-8-3-2-4-9-15/h2-10,12,17,21H,11H2,1H3. The molecule has 0 aliphatic heterocycles. The Kier molecular flexibility index (Phi) is 3.79. The second kappa shape index (κ2) is 5.89. The number of rotatable bonds is 4. The summed E-state index contributed by atoms with van der Waals surface area (Å²) in [6, 6.07) is 17.8. The van der Waals surface area contributed by atoms with Crippen LogP contribution in [0.4, 0.5) is 0 Å². The Labute approximate surface area is 123 Å². The SMILES string of the molecule is Cc1cccc(CC(O)c2cnn(-c3ccccc3)n2)c1. The molecule has 1 unspecified atom stereocenters. The molecule has 0 fully saturated rings. The molecule has 21 heavy (non-hydrogen) atoms. The van der Waals surface area contributed by atoms with Crippen LogP contribution in [0.15, 0.2) is 60.8 Å². The molecule has 3 aromatic rings. The lowest BCUT2D eigenvalue weighted by Crippen LogP contribution is -2.04. The molecule has 1 N–H and O–H groups in total. The van der Waals surface area contributed by atoms with Crippen LogP contribution in [-0.4, -0.2) is 20.1 Å². The fraction of sp³-hybridized carbons (Fsp3) is 0.176. The summed E-state index contributed by atoms with van der Waals surface area (Å²) in [6.07, 6.45) is 1.51. The van der Waals surface area contributed by atoms with Gasteiger partial charge in [0.05, 0.1) is 11.9 Å². The van der Waals surface area contributed by atoms with Crippen molar-refractivity contribution in [1.29, 1.82) is 0 Å². The van der Waals surface area contributed by atoms with Crippen LogP contribution in [0.3, 0.4) is 0 Å². The van der Waals surface area contributed by atoms with Crippen LogP contribution in [0.1, 0.15) is 22.9 Å². The molecule has 0 aliphatic rings. The van der Waals surface area contributed by atoms with Crippen LogP contribution < -0.4 is 0 Å². The van der Waals surface area contributed by atoms with E-state index in [-0.39, 0.29) is 0 Å². The van der Waals surface area contributed by atoms with Gasteiger partial charge in [-0.3, -0.25) is 0 Å². The summed E-state index contributed by atoms with van der Waals surface area (Å²) in [6.45, 7) is 2.04. The molecule has 106 valence electrons. The van der Waals surface area contributed by atoms with E-state index in [9.17, 15) is 5.11 Å². The number of para-hydroxylation sites is 1. The molecule has 0 radical (unpaired) electrons. The highest BCUT2D eigenvalue weighted by atomic mass is 16.3. The van der Waals surface area contributed by atoms with Gasteiger partial charge in [0.1, 0.15) is 11.8 Å². The van der Waals surface area contributed by atoms with Gasteiger partial charge >= 0.3 is 0 Å². The van der Waals surface area contributed by atoms with Crippen molar-refractivity contribution in [1.82, 2.24) is 15.0 Å². The molecule has 2 aromatic carbocycles. The molecule has 0 amide bonds. The fourth-order valence-corrected chi connectivity index (χ4v) is 2.28. The largest absolute Gasteiger partial charge is 0.386 e. The molecule has 1 aromatic heterocycles. The third kappa shape index (κ3) is 3.17. The van der Waals surface area contributed by atoms with Crippen molar-refractivity contribution < 1.29 is 5.11 Å². The Balaban J connectivity index is 1.77.